The van der Waals surface area contributed by atoms with Gasteiger partial charge in [-0.25, -0.2) is 0 Å². The van der Waals surface area contributed by atoms with Gasteiger partial charge in [-0.2, -0.15) is 0 Å². The lowest BCUT2D eigenvalue weighted by molar-refractivity contribution is 0.0268. The van der Waals surface area contributed by atoms with Crippen molar-refractivity contribution in [3.05, 3.63) is 0 Å². The van der Waals surface area contributed by atoms with Crippen LogP contribution in [-0.2, 0) is 0 Å². The van der Waals surface area contributed by atoms with Gasteiger partial charge in [-0.15, -0.1) is 0 Å². The van der Waals surface area contributed by atoms with Crippen molar-refractivity contribution in [3.63, 3.8) is 0 Å². The van der Waals surface area contributed by atoms with E-state index in [-0.39, 0.29) is 0 Å². The largest absolute Gasteiger partial charge is 0.316 e. The van der Waals surface area contributed by atoms with E-state index in [4.69, 9.17) is 0 Å². The Bertz CT molecular complexity index is 268. The van der Waals surface area contributed by atoms with Crippen molar-refractivity contribution in [2.24, 2.45) is 11.3 Å². The molecule has 0 aromatic rings. The molecule has 3 rings (SSSR count). The molecule has 0 aromatic heterocycles. The van der Waals surface area contributed by atoms with E-state index >= 15 is 0 Å². The molecular weight excluding hydrogens is 220 g/mol. The van der Waals surface area contributed by atoms with Crippen LogP contribution in [0, 0.1) is 11.3 Å². The minimum Gasteiger partial charge on any atom is -0.316 e. The number of fused-ring (bicyclic) bond motifs is 1. The van der Waals surface area contributed by atoms with Gasteiger partial charge in [0.15, 0.2) is 0 Å². The lowest BCUT2D eigenvalue weighted by Gasteiger charge is -2.47. The fourth-order valence-electron chi connectivity index (χ4n) is 4.70. The Morgan fingerprint density at radius 1 is 1.17 bits per heavy atom. The highest BCUT2D eigenvalue weighted by molar-refractivity contribution is 4.94. The smallest absolute Gasteiger partial charge is 0.0124 e. The Kier molecular flexibility index (Phi) is 3.95. The van der Waals surface area contributed by atoms with E-state index in [9.17, 15) is 0 Å². The summed E-state index contributed by atoms with van der Waals surface area (Å²) in [5.41, 5.74) is 0.597. The molecule has 0 bridgehead atoms. The topological polar surface area (TPSA) is 15.3 Å². The second-order valence-electron chi connectivity index (χ2n) is 7.00. The number of likely N-dealkylation sites (tertiary alicyclic amines) is 1. The van der Waals surface area contributed by atoms with Gasteiger partial charge >= 0.3 is 0 Å². The zero-order valence-corrected chi connectivity index (χ0v) is 12.1. The highest BCUT2D eigenvalue weighted by atomic mass is 15.2. The van der Waals surface area contributed by atoms with Gasteiger partial charge in [0.25, 0.3) is 0 Å². The van der Waals surface area contributed by atoms with Crippen molar-refractivity contribution in [1.82, 2.24) is 10.2 Å². The van der Waals surface area contributed by atoms with E-state index < -0.39 is 0 Å². The molecule has 0 aromatic carbocycles. The number of hydrogen-bond acceptors (Lipinski definition) is 2. The van der Waals surface area contributed by atoms with Gasteiger partial charge in [0.05, 0.1) is 0 Å². The molecule has 0 amide bonds. The number of nitrogens with one attached hydrogen (secondary N) is 1. The Labute approximate surface area is 113 Å². The summed E-state index contributed by atoms with van der Waals surface area (Å²) in [6.45, 7) is 7.66. The SMILES string of the molecule is CCC1(CN2CCCC3CCCCC32)CCNC1. The summed E-state index contributed by atoms with van der Waals surface area (Å²) in [6, 6.07) is 0.941. The van der Waals surface area contributed by atoms with Crippen LogP contribution in [0.2, 0.25) is 0 Å². The Morgan fingerprint density at radius 3 is 2.78 bits per heavy atom. The zero-order chi connectivity index (χ0) is 12.4. The monoisotopic (exact) mass is 250 g/mol. The summed E-state index contributed by atoms with van der Waals surface area (Å²) in [7, 11) is 0. The molecule has 2 aliphatic heterocycles. The minimum atomic E-state index is 0.597. The predicted molar refractivity (Wildman–Crippen MR) is 76.8 cm³/mol. The van der Waals surface area contributed by atoms with Gasteiger partial charge < -0.3 is 5.32 Å². The van der Waals surface area contributed by atoms with Gasteiger partial charge in [0.1, 0.15) is 0 Å². The second-order valence-corrected chi connectivity index (χ2v) is 7.00. The molecule has 0 spiro atoms. The first-order valence-corrected chi connectivity index (χ1v) is 8.28. The predicted octanol–water partition coefficient (Wildman–Crippen LogP) is 3.03. The van der Waals surface area contributed by atoms with Gasteiger partial charge in [-0.3, -0.25) is 4.90 Å². The molecule has 2 saturated heterocycles. The van der Waals surface area contributed by atoms with E-state index in [1.807, 2.05) is 0 Å². The second kappa shape index (κ2) is 5.50. The van der Waals surface area contributed by atoms with Crippen LogP contribution >= 0.6 is 0 Å². The molecule has 3 aliphatic rings. The standard InChI is InChI=1S/C16H30N2/c1-2-16(9-10-17-12-16)13-18-11-5-7-14-6-3-4-8-15(14)18/h14-15,17H,2-13H2,1H3. The molecule has 1 saturated carbocycles. The van der Waals surface area contributed by atoms with E-state index in [0.717, 1.165) is 12.0 Å². The highest BCUT2D eigenvalue weighted by Gasteiger charge is 2.39. The van der Waals surface area contributed by atoms with E-state index in [2.05, 4.69) is 17.1 Å². The third-order valence-electron chi connectivity index (χ3n) is 5.98. The van der Waals surface area contributed by atoms with E-state index in [0.29, 0.717) is 5.41 Å². The van der Waals surface area contributed by atoms with Crippen LogP contribution in [0.1, 0.15) is 58.3 Å². The average molecular weight is 250 g/mol. The molecule has 0 radical (unpaired) electrons. The summed E-state index contributed by atoms with van der Waals surface area (Å²) >= 11 is 0. The molecule has 18 heavy (non-hydrogen) atoms. The van der Waals surface area contributed by atoms with Gasteiger partial charge in [0.2, 0.25) is 0 Å². The van der Waals surface area contributed by atoms with E-state index in [1.54, 1.807) is 0 Å². The first kappa shape index (κ1) is 12.9. The molecule has 2 heterocycles. The Morgan fingerprint density at radius 2 is 2.00 bits per heavy atom. The fourth-order valence-corrected chi connectivity index (χ4v) is 4.70. The maximum absolute atomic E-state index is 3.60. The van der Waals surface area contributed by atoms with Gasteiger partial charge in [-0.05, 0) is 62.9 Å². The van der Waals surface area contributed by atoms with E-state index in [1.165, 1.54) is 77.5 Å². The van der Waals surface area contributed by atoms with Crippen molar-refractivity contribution >= 4 is 0 Å². The van der Waals surface area contributed by atoms with Crippen LogP contribution in [0.25, 0.3) is 0 Å². The van der Waals surface area contributed by atoms with Gasteiger partial charge in [-0.1, -0.05) is 19.8 Å². The summed E-state index contributed by atoms with van der Waals surface area (Å²) < 4.78 is 0. The van der Waals surface area contributed by atoms with Crippen molar-refractivity contribution in [1.29, 1.82) is 0 Å². The van der Waals surface area contributed by atoms with Crippen LogP contribution in [-0.4, -0.2) is 37.1 Å². The first-order valence-electron chi connectivity index (χ1n) is 8.28. The van der Waals surface area contributed by atoms with Crippen LogP contribution in [0.15, 0.2) is 0 Å². The Hall–Kier alpha value is -0.0800. The van der Waals surface area contributed by atoms with Crippen molar-refractivity contribution < 1.29 is 0 Å². The summed E-state index contributed by atoms with van der Waals surface area (Å²) in [6.07, 6.45) is 11.7. The number of piperidine rings is 1. The zero-order valence-electron chi connectivity index (χ0n) is 12.1. The third kappa shape index (κ3) is 2.46. The minimum absolute atomic E-state index is 0.597. The molecule has 1 N–H and O–H groups in total. The molecule has 3 unspecified atom stereocenters. The molecule has 3 atom stereocenters. The van der Waals surface area contributed by atoms with Crippen LogP contribution in [0.4, 0.5) is 0 Å². The van der Waals surface area contributed by atoms with Crippen LogP contribution in [0.3, 0.4) is 0 Å². The van der Waals surface area contributed by atoms with Crippen molar-refractivity contribution in [2.45, 2.75) is 64.3 Å². The van der Waals surface area contributed by atoms with Crippen LogP contribution in [0.5, 0.6) is 0 Å². The molecule has 1 aliphatic carbocycles. The highest BCUT2D eigenvalue weighted by Crippen LogP contribution is 2.38. The number of nitrogens with zero attached hydrogens (tertiary/aromatic N) is 1. The maximum atomic E-state index is 3.60. The van der Waals surface area contributed by atoms with Crippen molar-refractivity contribution in [3.8, 4) is 0 Å². The lowest BCUT2D eigenvalue weighted by Crippen LogP contribution is -2.51. The first-order chi connectivity index (χ1) is 8.83. The normalized spacial score (nSPS) is 41.8. The Balaban J connectivity index is 1.66. The molecule has 2 nitrogen and oxygen atoms in total. The number of rotatable bonds is 3. The third-order valence-corrected chi connectivity index (χ3v) is 5.98. The van der Waals surface area contributed by atoms with Crippen molar-refractivity contribution in [2.75, 3.05) is 26.2 Å². The summed E-state index contributed by atoms with van der Waals surface area (Å²) in [4.78, 5) is 2.89. The summed E-state index contributed by atoms with van der Waals surface area (Å²) in [5, 5.41) is 3.60. The molecule has 3 fully saturated rings. The summed E-state index contributed by atoms with van der Waals surface area (Å²) in [5.74, 6) is 1.04. The molecular formula is C16H30N2. The molecule has 104 valence electrons. The molecule has 2 heteroatoms. The number of hydrogen-bond donors (Lipinski definition) is 1. The lowest BCUT2D eigenvalue weighted by atomic mass is 9.76. The quantitative estimate of drug-likeness (QED) is 0.828. The fraction of sp³-hybridized carbons (Fsp3) is 1.00. The van der Waals surface area contributed by atoms with Gasteiger partial charge in [0, 0.05) is 19.1 Å². The van der Waals surface area contributed by atoms with Crippen LogP contribution < -0.4 is 5.32 Å². The average Bonchev–Trinajstić information content (AvgIpc) is 2.88. The maximum Gasteiger partial charge on any atom is 0.0124 e.